The number of pyridine rings is 1. The van der Waals surface area contributed by atoms with Crippen LogP contribution in [0.2, 0.25) is 10.0 Å². The maximum absolute atomic E-state index is 6.18. The monoisotopic (exact) mass is 394 g/mol. The predicted octanol–water partition coefficient (Wildman–Crippen LogP) is 3.85. The number of nitrogens with zero attached hydrogens (tertiary/aromatic N) is 1. The molecular formula is C18H21BCl2N2O3. The van der Waals surface area contributed by atoms with E-state index in [1.54, 1.807) is 30.5 Å². The largest absolute Gasteiger partial charge is 0.496 e. The quantitative estimate of drug-likeness (QED) is 0.797. The Kier molecular flexibility index (Phi) is 5.14. The van der Waals surface area contributed by atoms with Crippen LogP contribution in [0.15, 0.2) is 30.5 Å². The standard InChI is InChI=1S/C18H21BCl2N2O3/c1-17(2)18(3,4)26-19(25-17)11-8-15(16(22)23-9-11)24-10-12-13(20)6-5-7-14(12)21/h5-9H,10H2,1-4H3,(H2,22,23). The van der Waals surface area contributed by atoms with E-state index in [0.717, 1.165) is 5.46 Å². The average Bonchev–Trinajstić information content (AvgIpc) is 2.76. The minimum absolute atomic E-state index is 0.178. The molecule has 0 unspecified atom stereocenters. The molecule has 1 saturated heterocycles. The third kappa shape index (κ3) is 3.65. The Hall–Kier alpha value is -1.47. The molecule has 1 aromatic carbocycles. The number of nitrogens with two attached hydrogens (primary N) is 1. The highest BCUT2D eigenvalue weighted by atomic mass is 35.5. The van der Waals surface area contributed by atoms with Gasteiger partial charge >= 0.3 is 7.12 Å². The molecule has 5 nitrogen and oxygen atoms in total. The molecule has 0 amide bonds. The Balaban J connectivity index is 1.81. The summed E-state index contributed by atoms with van der Waals surface area (Å²) in [5.41, 5.74) is 6.50. The van der Waals surface area contributed by atoms with Crippen molar-refractivity contribution in [3.05, 3.63) is 46.1 Å². The molecule has 0 radical (unpaired) electrons. The lowest BCUT2D eigenvalue weighted by Crippen LogP contribution is -2.41. The van der Waals surface area contributed by atoms with E-state index in [4.69, 9.17) is 43.0 Å². The minimum atomic E-state index is -0.542. The molecular weight excluding hydrogens is 374 g/mol. The Morgan fingerprint density at radius 3 is 2.27 bits per heavy atom. The van der Waals surface area contributed by atoms with Crippen LogP contribution < -0.4 is 15.9 Å². The summed E-state index contributed by atoms with van der Waals surface area (Å²) in [5.74, 6) is 0.696. The summed E-state index contributed by atoms with van der Waals surface area (Å²) < 4.78 is 17.9. The molecule has 1 aromatic heterocycles. The van der Waals surface area contributed by atoms with E-state index in [1.165, 1.54) is 0 Å². The topological polar surface area (TPSA) is 66.6 Å². The fourth-order valence-electron chi connectivity index (χ4n) is 2.51. The van der Waals surface area contributed by atoms with Gasteiger partial charge in [-0.05, 0) is 45.9 Å². The summed E-state index contributed by atoms with van der Waals surface area (Å²) in [4.78, 5) is 4.20. The smallest absolute Gasteiger partial charge is 0.485 e. The summed E-state index contributed by atoms with van der Waals surface area (Å²) >= 11 is 12.4. The van der Waals surface area contributed by atoms with Gasteiger partial charge in [0.05, 0.1) is 11.2 Å². The first-order valence-electron chi connectivity index (χ1n) is 8.27. The van der Waals surface area contributed by atoms with Crippen molar-refractivity contribution in [2.75, 3.05) is 5.73 Å². The fraction of sp³-hybridized carbons (Fsp3) is 0.389. The number of hydrogen-bond donors (Lipinski definition) is 1. The van der Waals surface area contributed by atoms with Crippen LogP contribution in [0.5, 0.6) is 5.75 Å². The number of benzene rings is 1. The molecule has 1 fully saturated rings. The van der Waals surface area contributed by atoms with Crippen molar-refractivity contribution >= 4 is 41.6 Å². The molecule has 0 aliphatic carbocycles. The summed E-state index contributed by atoms with van der Waals surface area (Å²) in [6.45, 7) is 8.16. The van der Waals surface area contributed by atoms with E-state index in [9.17, 15) is 0 Å². The van der Waals surface area contributed by atoms with Crippen LogP contribution in [0.1, 0.15) is 33.3 Å². The third-order valence-corrected chi connectivity index (χ3v) is 5.57. The van der Waals surface area contributed by atoms with Crippen LogP contribution in [0.3, 0.4) is 0 Å². The molecule has 8 heteroatoms. The van der Waals surface area contributed by atoms with Gasteiger partial charge in [-0.15, -0.1) is 0 Å². The number of halogens is 2. The predicted molar refractivity (Wildman–Crippen MR) is 105 cm³/mol. The van der Waals surface area contributed by atoms with Crippen LogP contribution in [-0.2, 0) is 15.9 Å². The second-order valence-corrected chi connectivity index (χ2v) is 8.04. The zero-order chi connectivity index (χ0) is 19.1. The van der Waals surface area contributed by atoms with Crippen LogP contribution in [0.25, 0.3) is 0 Å². The van der Waals surface area contributed by atoms with Crippen LogP contribution >= 0.6 is 23.2 Å². The normalized spacial score (nSPS) is 18.2. The van der Waals surface area contributed by atoms with Crippen LogP contribution in [-0.4, -0.2) is 23.3 Å². The molecule has 2 N–H and O–H groups in total. The molecule has 3 rings (SSSR count). The maximum Gasteiger partial charge on any atom is 0.496 e. The number of ether oxygens (including phenoxy) is 1. The first-order valence-corrected chi connectivity index (χ1v) is 9.03. The van der Waals surface area contributed by atoms with E-state index in [-0.39, 0.29) is 12.4 Å². The average molecular weight is 395 g/mol. The van der Waals surface area contributed by atoms with Gasteiger partial charge in [0.15, 0.2) is 11.6 Å². The lowest BCUT2D eigenvalue weighted by Gasteiger charge is -2.32. The van der Waals surface area contributed by atoms with Gasteiger partial charge < -0.3 is 19.8 Å². The van der Waals surface area contributed by atoms with Gasteiger partial charge in [0.2, 0.25) is 0 Å². The molecule has 0 saturated carbocycles. The lowest BCUT2D eigenvalue weighted by atomic mass is 9.80. The van der Waals surface area contributed by atoms with Gasteiger partial charge in [0, 0.05) is 27.3 Å². The Labute approximate surface area is 163 Å². The highest BCUT2D eigenvalue weighted by molar-refractivity contribution is 6.62. The number of nitrogen functional groups attached to an aromatic ring is 1. The Morgan fingerprint density at radius 2 is 1.69 bits per heavy atom. The summed E-state index contributed by atoms with van der Waals surface area (Å²) in [7, 11) is -0.542. The first kappa shape index (κ1) is 19.3. The van der Waals surface area contributed by atoms with Crippen molar-refractivity contribution in [2.24, 2.45) is 0 Å². The van der Waals surface area contributed by atoms with E-state index < -0.39 is 18.3 Å². The van der Waals surface area contributed by atoms with Gasteiger partial charge in [-0.3, -0.25) is 0 Å². The third-order valence-electron chi connectivity index (χ3n) is 4.86. The maximum atomic E-state index is 6.18. The van der Waals surface area contributed by atoms with E-state index in [1.807, 2.05) is 27.7 Å². The first-order chi connectivity index (χ1) is 12.1. The highest BCUT2D eigenvalue weighted by Crippen LogP contribution is 2.37. The molecule has 2 aromatic rings. The highest BCUT2D eigenvalue weighted by Gasteiger charge is 2.51. The fourth-order valence-corrected chi connectivity index (χ4v) is 3.02. The van der Waals surface area contributed by atoms with Crippen LogP contribution in [0.4, 0.5) is 5.82 Å². The van der Waals surface area contributed by atoms with Crippen molar-refractivity contribution in [1.29, 1.82) is 0 Å². The van der Waals surface area contributed by atoms with Gasteiger partial charge in [0.25, 0.3) is 0 Å². The number of anilines is 1. The lowest BCUT2D eigenvalue weighted by molar-refractivity contribution is 0.00578. The SMILES string of the molecule is CC1(C)OB(c2cnc(N)c(OCc3c(Cl)cccc3Cl)c2)OC1(C)C. The van der Waals surface area contributed by atoms with E-state index >= 15 is 0 Å². The van der Waals surface area contributed by atoms with E-state index in [0.29, 0.717) is 21.4 Å². The van der Waals surface area contributed by atoms with Crippen molar-refractivity contribution in [1.82, 2.24) is 4.98 Å². The van der Waals surface area contributed by atoms with Crippen molar-refractivity contribution in [3.63, 3.8) is 0 Å². The Morgan fingerprint density at radius 1 is 1.12 bits per heavy atom. The molecule has 2 heterocycles. The number of rotatable bonds is 4. The molecule has 1 aliphatic rings. The molecule has 26 heavy (non-hydrogen) atoms. The number of hydrogen-bond acceptors (Lipinski definition) is 5. The molecule has 1 aliphatic heterocycles. The summed E-state index contributed by atoms with van der Waals surface area (Å²) in [6, 6.07) is 7.07. The van der Waals surface area contributed by atoms with Crippen LogP contribution in [0, 0.1) is 0 Å². The molecule has 0 spiro atoms. The van der Waals surface area contributed by atoms with Crippen molar-refractivity contribution in [2.45, 2.75) is 45.5 Å². The van der Waals surface area contributed by atoms with Crippen molar-refractivity contribution < 1.29 is 14.0 Å². The van der Waals surface area contributed by atoms with Gasteiger partial charge in [-0.2, -0.15) is 0 Å². The van der Waals surface area contributed by atoms with E-state index in [2.05, 4.69) is 4.98 Å². The minimum Gasteiger partial charge on any atom is -0.485 e. The van der Waals surface area contributed by atoms with Crippen molar-refractivity contribution in [3.8, 4) is 5.75 Å². The molecule has 138 valence electrons. The van der Waals surface area contributed by atoms with Gasteiger partial charge in [-0.1, -0.05) is 29.3 Å². The zero-order valence-electron chi connectivity index (χ0n) is 15.2. The zero-order valence-corrected chi connectivity index (χ0v) is 16.7. The summed E-state index contributed by atoms with van der Waals surface area (Å²) in [5, 5.41) is 1.07. The van der Waals surface area contributed by atoms with Gasteiger partial charge in [0.1, 0.15) is 6.61 Å². The molecule has 0 atom stereocenters. The second kappa shape index (κ2) is 6.93. The number of aromatic nitrogens is 1. The van der Waals surface area contributed by atoms with Gasteiger partial charge in [-0.25, -0.2) is 4.98 Å². The summed E-state index contributed by atoms with van der Waals surface area (Å²) in [6.07, 6.45) is 1.63. The second-order valence-electron chi connectivity index (χ2n) is 7.23. The Bertz CT molecular complexity index is 794. The molecule has 0 bridgehead atoms.